The molecular weight excluding hydrogens is 296 g/mol. The number of carbonyl (C=O) groups is 1. The zero-order valence-corrected chi connectivity index (χ0v) is 13.1. The van der Waals surface area contributed by atoms with Gasteiger partial charge in [0, 0.05) is 13.1 Å². The van der Waals surface area contributed by atoms with Gasteiger partial charge in [-0.25, -0.2) is 0 Å². The van der Waals surface area contributed by atoms with Crippen LogP contribution in [-0.2, 0) is 4.79 Å². The van der Waals surface area contributed by atoms with Crippen LogP contribution in [0.2, 0.25) is 5.28 Å². The quantitative estimate of drug-likeness (QED) is 0.907. The molecule has 1 N–H and O–H groups in total. The molecule has 1 unspecified atom stereocenters. The second-order valence-corrected chi connectivity index (χ2v) is 6.04. The number of hydrogen-bond acceptors (Lipinski definition) is 6. The van der Waals surface area contributed by atoms with Crippen molar-refractivity contribution in [3.8, 4) is 6.01 Å². The lowest BCUT2D eigenvalue weighted by atomic mass is 9.74. The molecule has 0 spiro atoms. The van der Waals surface area contributed by atoms with Crippen LogP contribution in [0.3, 0.4) is 0 Å². The Morgan fingerprint density at radius 2 is 2.14 bits per heavy atom. The zero-order chi connectivity index (χ0) is 15.6. The second kappa shape index (κ2) is 6.01. The van der Waals surface area contributed by atoms with E-state index in [1.807, 2.05) is 4.90 Å². The molecule has 1 fully saturated rings. The van der Waals surface area contributed by atoms with E-state index in [0.717, 1.165) is 19.4 Å². The van der Waals surface area contributed by atoms with Gasteiger partial charge in [0.2, 0.25) is 11.2 Å². The van der Waals surface area contributed by atoms with Gasteiger partial charge >= 0.3 is 12.0 Å². The molecule has 1 aliphatic rings. The number of nitrogens with zero attached hydrogens (tertiary/aromatic N) is 4. The smallest absolute Gasteiger partial charge is 0.322 e. The predicted octanol–water partition coefficient (Wildman–Crippen LogP) is 1.86. The number of carboxylic acids is 1. The van der Waals surface area contributed by atoms with Crippen molar-refractivity contribution in [2.75, 3.05) is 25.1 Å². The molecule has 0 bridgehead atoms. The van der Waals surface area contributed by atoms with Crippen LogP contribution in [0.4, 0.5) is 5.95 Å². The van der Waals surface area contributed by atoms with E-state index in [-0.39, 0.29) is 17.2 Å². The minimum atomic E-state index is -0.792. The Labute approximate surface area is 128 Å². The number of rotatable bonds is 4. The minimum absolute atomic E-state index is 0.0188. The van der Waals surface area contributed by atoms with Crippen LogP contribution in [0.5, 0.6) is 6.01 Å². The normalized spacial score (nSPS) is 19.4. The molecule has 0 amide bonds. The van der Waals surface area contributed by atoms with Crippen LogP contribution >= 0.6 is 11.6 Å². The highest BCUT2D eigenvalue weighted by Crippen LogP contribution is 2.35. The highest BCUT2D eigenvalue weighted by atomic mass is 35.5. The molecule has 116 valence electrons. The van der Waals surface area contributed by atoms with Gasteiger partial charge in [-0.1, -0.05) is 0 Å². The standard InChI is InChI=1S/C13H19ClN4O3/c1-13(2,9(19)20)8-5-4-6-18(7-8)11-15-10(14)16-12(17-11)21-3/h8H,4-7H2,1-3H3,(H,19,20). The summed E-state index contributed by atoms with van der Waals surface area (Å²) in [6.07, 6.45) is 1.75. The topological polar surface area (TPSA) is 88.4 Å². The maximum absolute atomic E-state index is 11.4. The average molecular weight is 315 g/mol. The molecule has 1 aromatic rings. The Bertz CT molecular complexity index is 538. The van der Waals surface area contributed by atoms with Gasteiger partial charge in [0.25, 0.3) is 0 Å². The first-order valence-corrected chi connectivity index (χ1v) is 7.16. The van der Waals surface area contributed by atoms with E-state index in [9.17, 15) is 9.90 Å². The summed E-state index contributed by atoms with van der Waals surface area (Å²) in [6.45, 7) is 4.84. The Kier molecular flexibility index (Phi) is 4.51. The van der Waals surface area contributed by atoms with Gasteiger partial charge in [0.15, 0.2) is 0 Å². The van der Waals surface area contributed by atoms with Crippen LogP contribution in [0.25, 0.3) is 0 Å². The highest BCUT2D eigenvalue weighted by molar-refractivity contribution is 6.28. The number of hydrogen-bond donors (Lipinski definition) is 1. The third-order valence-corrected chi connectivity index (χ3v) is 4.20. The average Bonchev–Trinajstić information content (AvgIpc) is 2.46. The first-order chi connectivity index (χ1) is 9.84. The lowest BCUT2D eigenvalue weighted by Gasteiger charge is -2.39. The van der Waals surface area contributed by atoms with E-state index in [1.165, 1.54) is 7.11 Å². The molecule has 1 saturated heterocycles. The predicted molar refractivity (Wildman–Crippen MR) is 77.7 cm³/mol. The number of anilines is 1. The summed E-state index contributed by atoms with van der Waals surface area (Å²) in [5, 5.41) is 9.44. The van der Waals surface area contributed by atoms with Crippen molar-refractivity contribution in [2.45, 2.75) is 26.7 Å². The summed E-state index contributed by atoms with van der Waals surface area (Å²) in [5.41, 5.74) is -0.792. The fourth-order valence-corrected chi connectivity index (χ4v) is 2.63. The van der Waals surface area contributed by atoms with Crippen molar-refractivity contribution in [1.29, 1.82) is 0 Å². The fourth-order valence-electron chi connectivity index (χ4n) is 2.48. The van der Waals surface area contributed by atoms with E-state index in [0.29, 0.717) is 12.5 Å². The largest absolute Gasteiger partial charge is 0.481 e. The molecule has 21 heavy (non-hydrogen) atoms. The maximum atomic E-state index is 11.4. The summed E-state index contributed by atoms with van der Waals surface area (Å²) in [4.78, 5) is 25.5. The number of aromatic nitrogens is 3. The molecule has 2 heterocycles. The number of methoxy groups -OCH3 is 1. The van der Waals surface area contributed by atoms with Gasteiger partial charge in [0.1, 0.15) is 0 Å². The summed E-state index contributed by atoms with van der Waals surface area (Å²) in [7, 11) is 1.46. The van der Waals surface area contributed by atoms with Crippen molar-refractivity contribution in [2.24, 2.45) is 11.3 Å². The van der Waals surface area contributed by atoms with Gasteiger partial charge in [0.05, 0.1) is 12.5 Å². The van der Waals surface area contributed by atoms with E-state index in [1.54, 1.807) is 13.8 Å². The van der Waals surface area contributed by atoms with Crippen LogP contribution in [-0.4, -0.2) is 46.2 Å². The monoisotopic (exact) mass is 314 g/mol. The summed E-state index contributed by atoms with van der Waals surface area (Å²) in [5.74, 6) is -0.344. The maximum Gasteiger partial charge on any atom is 0.322 e. The highest BCUT2D eigenvalue weighted by Gasteiger charge is 2.39. The minimum Gasteiger partial charge on any atom is -0.481 e. The van der Waals surface area contributed by atoms with Crippen molar-refractivity contribution < 1.29 is 14.6 Å². The molecule has 0 saturated carbocycles. The first kappa shape index (κ1) is 15.8. The third kappa shape index (κ3) is 3.34. The van der Waals surface area contributed by atoms with Crippen LogP contribution < -0.4 is 9.64 Å². The number of piperidine rings is 1. The molecule has 2 rings (SSSR count). The summed E-state index contributed by atoms with van der Waals surface area (Å²) >= 11 is 5.86. The molecular formula is C13H19ClN4O3. The molecule has 0 radical (unpaired) electrons. The summed E-state index contributed by atoms with van der Waals surface area (Å²) in [6, 6.07) is 0.157. The van der Waals surface area contributed by atoms with Gasteiger partial charge in [-0.05, 0) is 44.2 Å². The molecule has 1 aliphatic heterocycles. The molecule has 8 heteroatoms. The van der Waals surface area contributed by atoms with Crippen molar-refractivity contribution in [1.82, 2.24) is 15.0 Å². The van der Waals surface area contributed by atoms with Gasteiger partial charge in [-0.2, -0.15) is 15.0 Å². The lowest BCUT2D eigenvalue weighted by Crippen LogP contribution is -2.45. The molecule has 1 atom stereocenters. The Balaban J connectivity index is 2.22. The molecule has 0 aliphatic carbocycles. The van der Waals surface area contributed by atoms with E-state index in [4.69, 9.17) is 16.3 Å². The van der Waals surface area contributed by atoms with Crippen molar-refractivity contribution >= 4 is 23.5 Å². The van der Waals surface area contributed by atoms with E-state index >= 15 is 0 Å². The van der Waals surface area contributed by atoms with Crippen LogP contribution in [0.1, 0.15) is 26.7 Å². The number of aliphatic carboxylic acids is 1. The molecule has 0 aromatic carbocycles. The Hall–Kier alpha value is -1.63. The van der Waals surface area contributed by atoms with Gasteiger partial charge < -0.3 is 14.7 Å². The van der Waals surface area contributed by atoms with Gasteiger partial charge in [-0.15, -0.1) is 0 Å². The number of halogens is 1. The van der Waals surface area contributed by atoms with Crippen molar-refractivity contribution in [3.63, 3.8) is 0 Å². The van der Waals surface area contributed by atoms with E-state index in [2.05, 4.69) is 15.0 Å². The Morgan fingerprint density at radius 1 is 1.43 bits per heavy atom. The Morgan fingerprint density at radius 3 is 2.76 bits per heavy atom. The first-order valence-electron chi connectivity index (χ1n) is 6.78. The molecule has 7 nitrogen and oxygen atoms in total. The number of ether oxygens (including phenoxy) is 1. The van der Waals surface area contributed by atoms with Crippen LogP contribution in [0, 0.1) is 11.3 Å². The zero-order valence-electron chi connectivity index (χ0n) is 12.3. The fraction of sp³-hybridized carbons (Fsp3) is 0.692. The van der Waals surface area contributed by atoms with E-state index < -0.39 is 11.4 Å². The van der Waals surface area contributed by atoms with Gasteiger partial charge in [-0.3, -0.25) is 4.79 Å². The molecule has 1 aromatic heterocycles. The SMILES string of the molecule is COc1nc(Cl)nc(N2CCCC(C(C)(C)C(=O)O)C2)n1. The van der Waals surface area contributed by atoms with Crippen LogP contribution in [0.15, 0.2) is 0 Å². The third-order valence-electron chi connectivity index (χ3n) is 4.03. The second-order valence-electron chi connectivity index (χ2n) is 5.70. The summed E-state index contributed by atoms with van der Waals surface area (Å²) < 4.78 is 4.99. The lowest BCUT2D eigenvalue weighted by molar-refractivity contribution is -0.150. The van der Waals surface area contributed by atoms with Crippen molar-refractivity contribution in [3.05, 3.63) is 5.28 Å². The number of carboxylic acid groups (broad SMARTS) is 1.